The lowest BCUT2D eigenvalue weighted by Crippen LogP contribution is -2.03. The number of carbonyl (C=O) groups excluding carboxylic acids is 1. The van der Waals surface area contributed by atoms with Gasteiger partial charge in [-0.3, -0.25) is 4.79 Å². The van der Waals surface area contributed by atoms with E-state index in [0.29, 0.717) is 16.5 Å². The topological polar surface area (TPSA) is 29.1 Å². The molecule has 0 saturated heterocycles. The zero-order chi connectivity index (χ0) is 15.1. The van der Waals surface area contributed by atoms with E-state index in [4.69, 9.17) is 34.8 Å². The van der Waals surface area contributed by atoms with E-state index < -0.39 is 5.38 Å². The predicted molar refractivity (Wildman–Crippen MR) is 90.6 cm³/mol. The Labute approximate surface area is 145 Å². The zero-order valence-corrected chi connectivity index (χ0v) is 14.4. The number of hydrogen-bond donors (Lipinski definition) is 1. The molecule has 0 aliphatic carbocycles. The van der Waals surface area contributed by atoms with E-state index >= 15 is 0 Å². The molecule has 0 radical (unpaired) electrons. The highest BCUT2D eigenvalue weighted by molar-refractivity contribution is 9.10. The number of hydrogen-bond acceptors (Lipinski definition) is 1. The van der Waals surface area contributed by atoms with E-state index in [0.717, 1.165) is 26.9 Å². The van der Waals surface area contributed by atoms with Gasteiger partial charge in [-0.15, -0.1) is 11.6 Å². The van der Waals surface area contributed by atoms with Crippen LogP contribution in [0, 0.1) is 0 Å². The van der Waals surface area contributed by atoms with Crippen molar-refractivity contribution in [3.05, 3.63) is 61.5 Å². The van der Waals surface area contributed by atoms with Gasteiger partial charge in [-0.1, -0.05) is 29.3 Å². The van der Waals surface area contributed by atoms with Crippen LogP contribution in [0.4, 0.5) is 5.69 Å². The maximum absolute atomic E-state index is 11.4. The fraction of sp³-hybridized carbons (Fsp3) is 0.133. The number of alkyl halides is 1. The molecule has 108 valence electrons. The Kier molecular flexibility index (Phi) is 4.19. The number of carbonyl (C=O) groups is 1. The van der Waals surface area contributed by atoms with E-state index in [1.54, 1.807) is 12.1 Å². The minimum absolute atomic E-state index is 0.0291. The van der Waals surface area contributed by atoms with Crippen LogP contribution >= 0.6 is 50.7 Å². The van der Waals surface area contributed by atoms with Gasteiger partial charge < -0.3 is 5.32 Å². The molecule has 1 atom stereocenters. The van der Waals surface area contributed by atoms with Crippen molar-refractivity contribution in [2.24, 2.45) is 0 Å². The fourth-order valence-corrected chi connectivity index (χ4v) is 3.47. The van der Waals surface area contributed by atoms with Gasteiger partial charge in [-0.25, -0.2) is 0 Å². The van der Waals surface area contributed by atoms with Crippen LogP contribution < -0.4 is 5.32 Å². The van der Waals surface area contributed by atoms with E-state index in [-0.39, 0.29) is 5.91 Å². The molecule has 1 amide bonds. The summed E-state index contributed by atoms with van der Waals surface area (Å²) in [4.78, 5) is 11.4. The third-order valence-electron chi connectivity index (χ3n) is 3.36. The molecule has 1 unspecified atom stereocenters. The van der Waals surface area contributed by atoms with Crippen molar-refractivity contribution in [2.45, 2.75) is 11.8 Å². The third kappa shape index (κ3) is 2.93. The highest BCUT2D eigenvalue weighted by Gasteiger charge is 2.23. The Morgan fingerprint density at radius 3 is 2.62 bits per heavy atom. The average Bonchev–Trinajstić information content (AvgIpc) is 2.79. The van der Waals surface area contributed by atoms with Crippen molar-refractivity contribution in [2.75, 3.05) is 5.32 Å². The molecule has 1 N–H and O–H groups in total. The standard InChI is InChI=1S/C15H9BrCl3NO/c16-10-4-7(1-2-11(10)17)15(19)9-3-8-5-14(21)20-13(8)6-12(9)18/h1-4,6,15H,5H2,(H,20,21). The second-order valence-electron chi connectivity index (χ2n) is 4.79. The molecule has 3 rings (SSSR count). The summed E-state index contributed by atoms with van der Waals surface area (Å²) < 4.78 is 0.779. The van der Waals surface area contributed by atoms with Crippen LogP contribution in [0.2, 0.25) is 10.0 Å². The number of nitrogens with one attached hydrogen (secondary N) is 1. The van der Waals surface area contributed by atoms with Gasteiger partial charge in [0.25, 0.3) is 0 Å². The van der Waals surface area contributed by atoms with Crippen molar-refractivity contribution < 1.29 is 4.79 Å². The lowest BCUT2D eigenvalue weighted by molar-refractivity contribution is -0.115. The number of rotatable bonds is 2. The van der Waals surface area contributed by atoms with Gasteiger partial charge in [0.1, 0.15) is 0 Å². The van der Waals surface area contributed by atoms with Gasteiger partial charge in [0.2, 0.25) is 5.91 Å². The molecule has 21 heavy (non-hydrogen) atoms. The van der Waals surface area contributed by atoms with Gasteiger partial charge in [-0.2, -0.15) is 0 Å². The molecule has 0 saturated carbocycles. The van der Waals surface area contributed by atoms with Crippen LogP contribution in [0.1, 0.15) is 22.1 Å². The van der Waals surface area contributed by atoms with Crippen LogP contribution in [0.3, 0.4) is 0 Å². The van der Waals surface area contributed by atoms with Crippen LogP contribution in [0.15, 0.2) is 34.8 Å². The Morgan fingerprint density at radius 2 is 1.90 bits per heavy atom. The SMILES string of the molecule is O=C1Cc2cc(C(Cl)c3ccc(Cl)c(Br)c3)c(Cl)cc2N1. The quantitative estimate of drug-likeness (QED) is 0.650. The second-order valence-corrected chi connectivity index (χ2v) is 6.90. The lowest BCUT2D eigenvalue weighted by atomic mass is 10.0. The van der Waals surface area contributed by atoms with Gasteiger partial charge in [0.05, 0.1) is 16.8 Å². The highest BCUT2D eigenvalue weighted by Crippen LogP contribution is 2.39. The first-order valence-electron chi connectivity index (χ1n) is 6.17. The maximum Gasteiger partial charge on any atom is 0.228 e. The normalized spacial score (nSPS) is 14.8. The van der Waals surface area contributed by atoms with Crippen molar-refractivity contribution in [3.8, 4) is 0 Å². The lowest BCUT2D eigenvalue weighted by Gasteiger charge is -2.14. The molecule has 6 heteroatoms. The minimum Gasteiger partial charge on any atom is -0.325 e. The summed E-state index contributed by atoms with van der Waals surface area (Å²) in [5, 5.41) is 3.51. The number of amides is 1. The second kappa shape index (κ2) is 5.81. The summed E-state index contributed by atoms with van der Waals surface area (Å²) in [6.45, 7) is 0. The Bertz CT molecular complexity index is 748. The summed E-state index contributed by atoms with van der Waals surface area (Å²) >= 11 is 22.2. The number of benzene rings is 2. The van der Waals surface area contributed by atoms with Crippen molar-refractivity contribution >= 4 is 62.3 Å². The van der Waals surface area contributed by atoms with Gasteiger partial charge in [0.15, 0.2) is 0 Å². The molecule has 0 bridgehead atoms. The first-order valence-corrected chi connectivity index (χ1v) is 8.15. The summed E-state index contributed by atoms with van der Waals surface area (Å²) in [5.41, 5.74) is 3.34. The molecule has 1 aliphatic rings. The Hall–Kier alpha value is -0.740. The van der Waals surface area contributed by atoms with Crippen LogP contribution in [0.5, 0.6) is 0 Å². The average molecular weight is 406 g/mol. The van der Waals surface area contributed by atoms with Crippen molar-refractivity contribution in [1.29, 1.82) is 0 Å². The fourth-order valence-electron chi connectivity index (χ4n) is 2.31. The van der Waals surface area contributed by atoms with Crippen LogP contribution in [0.25, 0.3) is 0 Å². The molecule has 2 aromatic rings. The molecular formula is C15H9BrCl3NO. The van der Waals surface area contributed by atoms with E-state index in [2.05, 4.69) is 21.2 Å². The first kappa shape index (κ1) is 15.2. The van der Waals surface area contributed by atoms with Crippen LogP contribution in [-0.4, -0.2) is 5.91 Å². The Balaban J connectivity index is 2.02. The minimum atomic E-state index is -0.410. The summed E-state index contributed by atoms with van der Waals surface area (Å²) in [6.07, 6.45) is 0.355. The van der Waals surface area contributed by atoms with E-state index in [9.17, 15) is 4.79 Å². The molecule has 0 fully saturated rings. The monoisotopic (exact) mass is 403 g/mol. The molecular weight excluding hydrogens is 396 g/mol. The number of fused-ring (bicyclic) bond motifs is 1. The molecule has 2 nitrogen and oxygen atoms in total. The summed E-state index contributed by atoms with van der Waals surface area (Å²) in [7, 11) is 0. The number of anilines is 1. The highest BCUT2D eigenvalue weighted by atomic mass is 79.9. The van der Waals surface area contributed by atoms with Crippen molar-refractivity contribution in [1.82, 2.24) is 0 Å². The van der Waals surface area contributed by atoms with Gasteiger partial charge in [0, 0.05) is 15.2 Å². The molecule has 2 aromatic carbocycles. The van der Waals surface area contributed by atoms with E-state index in [1.807, 2.05) is 18.2 Å². The smallest absolute Gasteiger partial charge is 0.228 e. The van der Waals surface area contributed by atoms with Gasteiger partial charge >= 0.3 is 0 Å². The summed E-state index contributed by atoms with van der Waals surface area (Å²) in [5.74, 6) is -0.0291. The third-order valence-corrected chi connectivity index (χ3v) is 5.39. The van der Waals surface area contributed by atoms with E-state index in [1.165, 1.54) is 0 Å². The van der Waals surface area contributed by atoms with Crippen molar-refractivity contribution in [3.63, 3.8) is 0 Å². The van der Waals surface area contributed by atoms with Gasteiger partial charge in [-0.05, 0) is 56.9 Å². The first-order chi connectivity index (χ1) is 9.95. The number of halogens is 4. The predicted octanol–water partition coefficient (Wildman–Crippen LogP) is 5.58. The zero-order valence-electron chi connectivity index (χ0n) is 10.6. The molecule has 1 heterocycles. The summed E-state index contributed by atoms with van der Waals surface area (Å²) in [6, 6.07) is 9.14. The maximum atomic E-state index is 11.4. The molecule has 1 aliphatic heterocycles. The largest absolute Gasteiger partial charge is 0.325 e. The molecule has 0 spiro atoms. The molecule has 0 aromatic heterocycles. The van der Waals surface area contributed by atoms with Crippen LogP contribution in [-0.2, 0) is 11.2 Å². The Morgan fingerprint density at radius 1 is 1.14 bits per heavy atom.